The number of nitrogens with zero attached hydrogens (tertiary/aromatic N) is 3. The molecule has 0 bridgehead atoms. The Labute approximate surface area is 204 Å². The van der Waals surface area contributed by atoms with Gasteiger partial charge < -0.3 is 5.32 Å². The summed E-state index contributed by atoms with van der Waals surface area (Å²) in [6.07, 6.45) is -4.48. The van der Waals surface area contributed by atoms with Crippen LogP contribution in [0.25, 0.3) is 5.69 Å². The molecule has 0 spiro atoms. The molecule has 0 saturated heterocycles. The van der Waals surface area contributed by atoms with Crippen molar-refractivity contribution in [2.24, 2.45) is 0 Å². The molecule has 11 heteroatoms. The van der Waals surface area contributed by atoms with E-state index >= 15 is 0 Å². The van der Waals surface area contributed by atoms with Crippen molar-refractivity contribution in [3.05, 3.63) is 92.3 Å². The van der Waals surface area contributed by atoms with Crippen molar-refractivity contribution in [3.8, 4) is 5.69 Å². The summed E-state index contributed by atoms with van der Waals surface area (Å²) < 4.78 is 42.5. The molecule has 0 atom stereocenters. The summed E-state index contributed by atoms with van der Waals surface area (Å²) in [4.78, 5) is 12.9. The van der Waals surface area contributed by atoms with Crippen LogP contribution in [0.3, 0.4) is 0 Å². The van der Waals surface area contributed by atoms with Crippen molar-refractivity contribution in [3.63, 3.8) is 0 Å². The molecule has 4 aromatic rings. The molecule has 0 fully saturated rings. The minimum atomic E-state index is -4.48. The van der Waals surface area contributed by atoms with Crippen molar-refractivity contribution in [2.75, 3.05) is 0 Å². The van der Waals surface area contributed by atoms with Gasteiger partial charge in [-0.2, -0.15) is 13.2 Å². The second kappa shape index (κ2) is 10.1. The predicted octanol–water partition coefficient (Wildman–Crippen LogP) is 6.33. The van der Waals surface area contributed by atoms with Gasteiger partial charge in [-0.25, -0.2) is 0 Å². The number of rotatable bonds is 7. The average molecular weight is 553 g/mol. The van der Waals surface area contributed by atoms with Gasteiger partial charge in [-0.3, -0.25) is 9.36 Å². The number of benzene rings is 2. The van der Waals surface area contributed by atoms with Crippen molar-refractivity contribution in [1.29, 1.82) is 0 Å². The van der Waals surface area contributed by atoms with Crippen LogP contribution in [0.1, 0.15) is 26.6 Å². The van der Waals surface area contributed by atoms with Crippen molar-refractivity contribution < 1.29 is 18.0 Å². The van der Waals surface area contributed by atoms with Gasteiger partial charge in [-0.1, -0.05) is 52.0 Å². The van der Waals surface area contributed by atoms with Gasteiger partial charge >= 0.3 is 6.18 Å². The lowest BCUT2D eigenvalue weighted by molar-refractivity contribution is -0.137. The molecular weight excluding hydrogens is 537 g/mol. The van der Waals surface area contributed by atoms with Crippen LogP contribution >= 0.6 is 39.0 Å². The highest BCUT2D eigenvalue weighted by Crippen LogP contribution is 2.32. The molecule has 0 aliphatic heterocycles. The fourth-order valence-electron chi connectivity index (χ4n) is 2.97. The summed E-state index contributed by atoms with van der Waals surface area (Å²) in [5.41, 5.74) is 0.522. The Balaban J connectivity index is 1.63. The van der Waals surface area contributed by atoms with Crippen LogP contribution < -0.4 is 5.32 Å². The predicted molar refractivity (Wildman–Crippen MR) is 126 cm³/mol. The quantitative estimate of drug-likeness (QED) is 0.272. The van der Waals surface area contributed by atoms with Gasteiger partial charge in [0, 0.05) is 10.2 Å². The van der Waals surface area contributed by atoms with Crippen LogP contribution in [0.5, 0.6) is 0 Å². The van der Waals surface area contributed by atoms with Gasteiger partial charge in [0.25, 0.3) is 5.91 Å². The molecule has 0 aliphatic rings. The highest BCUT2D eigenvalue weighted by molar-refractivity contribution is 9.10. The first-order chi connectivity index (χ1) is 15.8. The van der Waals surface area contributed by atoms with Crippen LogP contribution in [-0.2, 0) is 18.5 Å². The lowest BCUT2D eigenvalue weighted by Gasteiger charge is -2.13. The van der Waals surface area contributed by atoms with E-state index in [9.17, 15) is 18.0 Å². The molecule has 33 heavy (non-hydrogen) atoms. The maximum absolute atomic E-state index is 13.3. The second-order valence-corrected chi connectivity index (χ2v) is 9.66. The Hall–Kier alpha value is -2.63. The van der Waals surface area contributed by atoms with E-state index in [4.69, 9.17) is 0 Å². The SMILES string of the molecule is O=C(NCc1nnc(SCc2ccc(Br)cc2)n1-c1cccc(C(F)(F)F)c1)c1cccs1. The number of thiophene rings is 1. The number of nitrogens with one attached hydrogen (secondary N) is 1. The summed E-state index contributed by atoms with van der Waals surface area (Å²) in [5.74, 6) is 0.594. The molecular formula is C22H16BrF3N4OS2. The highest BCUT2D eigenvalue weighted by atomic mass is 79.9. The normalized spacial score (nSPS) is 11.5. The van der Waals surface area contributed by atoms with Gasteiger partial charge in [-0.15, -0.1) is 21.5 Å². The largest absolute Gasteiger partial charge is 0.416 e. The van der Waals surface area contributed by atoms with Crippen molar-refractivity contribution in [1.82, 2.24) is 20.1 Å². The third-order valence-electron chi connectivity index (χ3n) is 4.57. The van der Waals surface area contributed by atoms with Gasteiger partial charge in [0.2, 0.25) is 0 Å². The van der Waals surface area contributed by atoms with Crippen LogP contribution in [0, 0.1) is 0 Å². The molecule has 1 N–H and O–H groups in total. The highest BCUT2D eigenvalue weighted by Gasteiger charge is 2.31. The van der Waals surface area contributed by atoms with Crippen LogP contribution in [0.15, 0.2) is 75.7 Å². The maximum Gasteiger partial charge on any atom is 0.416 e. The molecule has 2 heterocycles. The molecule has 5 nitrogen and oxygen atoms in total. The fourth-order valence-corrected chi connectivity index (χ4v) is 4.80. The number of carbonyl (C=O) groups excluding carboxylic acids is 1. The Morgan fingerprint density at radius 1 is 1.09 bits per heavy atom. The van der Waals surface area contributed by atoms with Gasteiger partial charge in [0.05, 0.1) is 22.7 Å². The zero-order chi connectivity index (χ0) is 23.4. The smallest absolute Gasteiger partial charge is 0.344 e. The van der Waals surface area contributed by atoms with E-state index in [-0.39, 0.29) is 18.1 Å². The molecule has 170 valence electrons. The summed E-state index contributed by atoms with van der Waals surface area (Å²) in [5, 5.41) is 13.3. The topological polar surface area (TPSA) is 59.8 Å². The molecule has 0 radical (unpaired) electrons. The van der Waals surface area contributed by atoms with Crippen LogP contribution in [0.4, 0.5) is 13.2 Å². The van der Waals surface area contributed by atoms with E-state index < -0.39 is 11.7 Å². The minimum Gasteiger partial charge on any atom is -0.344 e. The zero-order valence-electron chi connectivity index (χ0n) is 16.8. The van der Waals surface area contributed by atoms with E-state index in [2.05, 4.69) is 31.4 Å². The number of hydrogen-bond acceptors (Lipinski definition) is 5. The standard InChI is InChI=1S/C22H16BrF3N4OS2/c23-16-8-6-14(7-9-16)13-33-21-29-28-19(12-27-20(31)18-5-2-10-32-18)30(21)17-4-1-3-15(11-17)22(24,25)26/h1-11H,12-13H2,(H,27,31). The number of hydrogen-bond donors (Lipinski definition) is 1. The first-order valence-corrected chi connectivity index (χ1v) is 12.3. The molecule has 0 unspecified atom stereocenters. The first kappa shape index (κ1) is 23.5. The van der Waals surface area contributed by atoms with Crippen molar-refractivity contribution in [2.45, 2.75) is 23.6 Å². The molecule has 2 aromatic heterocycles. The van der Waals surface area contributed by atoms with Crippen LogP contribution in [0.2, 0.25) is 0 Å². The Morgan fingerprint density at radius 3 is 2.58 bits per heavy atom. The molecule has 2 aromatic carbocycles. The third kappa shape index (κ3) is 5.84. The third-order valence-corrected chi connectivity index (χ3v) is 6.96. The van der Waals surface area contributed by atoms with E-state index in [1.807, 2.05) is 24.3 Å². The summed E-state index contributed by atoms with van der Waals surface area (Å²) in [6.45, 7) is 0.0127. The summed E-state index contributed by atoms with van der Waals surface area (Å²) >= 11 is 6.04. The number of thioether (sulfide) groups is 1. The first-order valence-electron chi connectivity index (χ1n) is 9.62. The number of amides is 1. The molecule has 0 aliphatic carbocycles. The van der Waals surface area contributed by atoms with Crippen LogP contribution in [-0.4, -0.2) is 20.7 Å². The van der Waals surface area contributed by atoms with Gasteiger partial charge in [-0.05, 0) is 47.3 Å². The lowest BCUT2D eigenvalue weighted by Crippen LogP contribution is -2.24. The molecule has 1 amide bonds. The fraction of sp³-hybridized carbons (Fsp3) is 0.136. The summed E-state index contributed by atoms with van der Waals surface area (Å²) in [7, 11) is 0. The number of alkyl halides is 3. The number of halogens is 4. The van der Waals surface area contributed by atoms with E-state index in [0.29, 0.717) is 21.6 Å². The molecule has 4 rings (SSSR count). The zero-order valence-corrected chi connectivity index (χ0v) is 20.1. The second-order valence-electron chi connectivity index (χ2n) is 6.86. The average Bonchev–Trinajstić information content (AvgIpc) is 3.47. The van der Waals surface area contributed by atoms with E-state index in [1.165, 1.54) is 29.2 Å². The number of aromatic nitrogens is 3. The van der Waals surface area contributed by atoms with Crippen molar-refractivity contribution >= 4 is 44.9 Å². The monoisotopic (exact) mass is 552 g/mol. The number of carbonyl (C=O) groups is 1. The van der Waals surface area contributed by atoms with E-state index in [1.54, 1.807) is 28.1 Å². The van der Waals surface area contributed by atoms with Gasteiger partial charge in [0.1, 0.15) is 0 Å². The summed E-state index contributed by atoms with van der Waals surface area (Å²) in [6, 6.07) is 16.2. The van der Waals surface area contributed by atoms with Gasteiger partial charge in [0.15, 0.2) is 11.0 Å². The lowest BCUT2D eigenvalue weighted by atomic mass is 10.2. The Morgan fingerprint density at radius 2 is 1.88 bits per heavy atom. The maximum atomic E-state index is 13.3. The Kier molecular flexibility index (Phi) is 7.20. The van der Waals surface area contributed by atoms with E-state index in [0.717, 1.165) is 22.2 Å². The Bertz CT molecular complexity index is 1240. The minimum absolute atomic E-state index is 0.0127. The molecule has 0 saturated carbocycles.